The maximum Gasteiger partial charge on any atom is 0.301 e. The van der Waals surface area contributed by atoms with E-state index < -0.39 is 5.91 Å². The number of hydrogen-bond acceptors (Lipinski definition) is 4. The Morgan fingerprint density at radius 1 is 1.53 bits per heavy atom. The number of benzene rings is 1. The third-order valence-electron chi connectivity index (χ3n) is 2.04. The summed E-state index contributed by atoms with van der Waals surface area (Å²) in [6.07, 6.45) is 1.43. The molecule has 2 rings (SSSR count). The summed E-state index contributed by atoms with van der Waals surface area (Å²) in [5.74, 6) is -0.533. The van der Waals surface area contributed by atoms with Crippen molar-refractivity contribution in [2.45, 2.75) is 6.92 Å². The highest BCUT2D eigenvalue weighted by Crippen LogP contribution is 2.20. The van der Waals surface area contributed by atoms with Crippen molar-refractivity contribution in [3.8, 4) is 5.75 Å². The van der Waals surface area contributed by atoms with Gasteiger partial charge in [-0.15, -0.1) is 0 Å². The fraction of sp³-hybridized carbons (Fsp3) is 0.0909. The van der Waals surface area contributed by atoms with E-state index in [1.54, 1.807) is 19.1 Å². The van der Waals surface area contributed by atoms with E-state index >= 15 is 0 Å². The summed E-state index contributed by atoms with van der Waals surface area (Å²) in [4.78, 5) is 15.8. The monoisotopic (exact) mass is 344 g/mol. The van der Waals surface area contributed by atoms with Gasteiger partial charge in [0.15, 0.2) is 0 Å². The number of aryl methyl sites for hydroxylation is 1. The number of anilines is 1. The van der Waals surface area contributed by atoms with Crippen molar-refractivity contribution in [1.29, 1.82) is 0 Å². The van der Waals surface area contributed by atoms with E-state index in [0.717, 1.165) is 3.57 Å². The second-order valence-corrected chi connectivity index (χ2v) is 4.66. The van der Waals surface area contributed by atoms with E-state index in [-0.39, 0.29) is 17.3 Å². The number of phenols is 1. The molecule has 0 radical (unpaired) electrons. The van der Waals surface area contributed by atoms with Gasteiger partial charge < -0.3 is 9.52 Å². The smallest absolute Gasteiger partial charge is 0.301 e. The number of nitrogens with one attached hydrogen (secondary N) is 1. The highest BCUT2D eigenvalue weighted by molar-refractivity contribution is 14.1. The predicted molar refractivity (Wildman–Crippen MR) is 70.0 cm³/mol. The largest absolute Gasteiger partial charge is 0.507 e. The van der Waals surface area contributed by atoms with Crippen LogP contribution in [-0.4, -0.2) is 16.0 Å². The normalized spacial score (nSPS) is 10.2. The Balaban J connectivity index is 2.22. The molecule has 0 spiro atoms. The minimum absolute atomic E-state index is 0.0776. The SMILES string of the molecule is Cc1coc(NC(=O)c2cc(I)ccc2O)n1. The highest BCUT2D eigenvalue weighted by atomic mass is 127. The minimum atomic E-state index is -0.456. The van der Waals surface area contributed by atoms with Gasteiger partial charge >= 0.3 is 6.01 Å². The van der Waals surface area contributed by atoms with Crippen LogP contribution in [0.2, 0.25) is 0 Å². The Bertz CT molecular complexity index is 566. The van der Waals surface area contributed by atoms with Gasteiger partial charge in [-0.1, -0.05) is 0 Å². The molecule has 17 heavy (non-hydrogen) atoms. The summed E-state index contributed by atoms with van der Waals surface area (Å²) in [7, 11) is 0. The van der Waals surface area contributed by atoms with Gasteiger partial charge in [-0.25, -0.2) is 0 Å². The molecule has 1 heterocycles. The number of carbonyl (C=O) groups excluding carboxylic acids is 1. The van der Waals surface area contributed by atoms with Crippen molar-refractivity contribution in [2.24, 2.45) is 0 Å². The van der Waals surface area contributed by atoms with Crippen LogP contribution in [0.1, 0.15) is 16.1 Å². The maximum absolute atomic E-state index is 11.8. The van der Waals surface area contributed by atoms with Crippen LogP contribution in [0, 0.1) is 10.5 Å². The lowest BCUT2D eigenvalue weighted by atomic mass is 10.2. The molecule has 0 aliphatic carbocycles. The van der Waals surface area contributed by atoms with Gasteiger partial charge in [0.1, 0.15) is 12.0 Å². The van der Waals surface area contributed by atoms with Crippen LogP contribution >= 0.6 is 22.6 Å². The number of hydrogen-bond donors (Lipinski definition) is 2. The lowest BCUT2D eigenvalue weighted by Gasteiger charge is -2.04. The second kappa shape index (κ2) is 4.74. The molecular formula is C11H9IN2O3. The molecule has 0 aliphatic heterocycles. The minimum Gasteiger partial charge on any atom is -0.507 e. The van der Waals surface area contributed by atoms with Gasteiger partial charge in [0.25, 0.3) is 5.91 Å². The molecule has 0 aliphatic rings. The van der Waals surface area contributed by atoms with Crippen LogP contribution in [0.25, 0.3) is 0 Å². The van der Waals surface area contributed by atoms with Crippen molar-refractivity contribution < 1.29 is 14.3 Å². The van der Waals surface area contributed by atoms with Crippen molar-refractivity contribution in [2.75, 3.05) is 5.32 Å². The lowest BCUT2D eigenvalue weighted by molar-refractivity contribution is 0.102. The Morgan fingerprint density at radius 3 is 2.94 bits per heavy atom. The zero-order valence-electron chi connectivity index (χ0n) is 8.90. The molecule has 1 aromatic heterocycles. The summed E-state index contributed by atoms with van der Waals surface area (Å²) in [5.41, 5.74) is 0.861. The van der Waals surface area contributed by atoms with Gasteiger partial charge in [-0.3, -0.25) is 10.1 Å². The highest BCUT2D eigenvalue weighted by Gasteiger charge is 2.13. The number of nitrogens with zero attached hydrogens (tertiary/aromatic N) is 1. The van der Waals surface area contributed by atoms with E-state index in [4.69, 9.17) is 4.42 Å². The fourth-order valence-electron chi connectivity index (χ4n) is 1.27. The predicted octanol–water partition coefficient (Wildman–Crippen LogP) is 2.55. The van der Waals surface area contributed by atoms with E-state index in [2.05, 4.69) is 32.9 Å². The van der Waals surface area contributed by atoms with E-state index in [1.807, 2.05) is 0 Å². The zero-order valence-corrected chi connectivity index (χ0v) is 11.1. The average Bonchev–Trinajstić information content (AvgIpc) is 2.67. The number of oxazole rings is 1. The van der Waals surface area contributed by atoms with Crippen molar-refractivity contribution >= 4 is 34.5 Å². The van der Waals surface area contributed by atoms with Crippen LogP contribution in [0.4, 0.5) is 6.01 Å². The third kappa shape index (κ3) is 2.76. The fourth-order valence-corrected chi connectivity index (χ4v) is 1.76. The average molecular weight is 344 g/mol. The molecule has 88 valence electrons. The van der Waals surface area contributed by atoms with Gasteiger partial charge in [-0.2, -0.15) is 4.98 Å². The molecule has 1 aromatic carbocycles. The Hall–Kier alpha value is -1.57. The first-order valence-corrected chi connectivity index (χ1v) is 5.86. The molecule has 0 bridgehead atoms. The number of carbonyl (C=O) groups is 1. The Morgan fingerprint density at radius 2 is 2.29 bits per heavy atom. The zero-order chi connectivity index (χ0) is 12.4. The van der Waals surface area contributed by atoms with Crippen molar-refractivity contribution in [3.05, 3.63) is 39.3 Å². The number of amides is 1. The number of phenolic OH excluding ortho intramolecular Hbond substituents is 1. The van der Waals surface area contributed by atoms with Crippen molar-refractivity contribution in [3.63, 3.8) is 0 Å². The standard InChI is InChI=1S/C11H9IN2O3/c1-6-5-17-11(13-6)14-10(16)8-4-7(12)2-3-9(8)15/h2-5,15H,1H3,(H,13,14,16). The molecule has 5 nitrogen and oxygen atoms in total. The summed E-state index contributed by atoms with van der Waals surface area (Å²) < 4.78 is 5.86. The summed E-state index contributed by atoms with van der Waals surface area (Å²) in [5, 5.41) is 12.0. The van der Waals surface area contributed by atoms with Crippen LogP contribution in [0.15, 0.2) is 28.9 Å². The van der Waals surface area contributed by atoms with Crippen LogP contribution in [0.3, 0.4) is 0 Å². The first-order valence-electron chi connectivity index (χ1n) is 4.78. The molecular weight excluding hydrogens is 335 g/mol. The number of aromatic hydroxyl groups is 1. The van der Waals surface area contributed by atoms with Crippen LogP contribution in [0.5, 0.6) is 5.75 Å². The summed E-state index contributed by atoms with van der Waals surface area (Å²) >= 11 is 2.06. The Labute approximate surface area is 111 Å². The van der Waals surface area contributed by atoms with Gasteiger partial charge in [0, 0.05) is 3.57 Å². The number of aromatic nitrogens is 1. The molecule has 0 fully saturated rings. The molecule has 1 amide bonds. The first-order chi connectivity index (χ1) is 8.06. The molecule has 0 saturated heterocycles. The second-order valence-electron chi connectivity index (χ2n) is 3.41. The summed E-state index contributed by atoms with van der Waals surface area (Å²) in [6.45, 7) is 1.75. The molecule has 0 atom stereocenters. The van der Waals surface area contributed by atoms with Crippen LogP contribution in [-0.2, 0) is 0 Å². The lowest BCUT2D eigenvalue weighted by Crippen LogP contribution is -2.12. The first kappa shape index (κ1) is 11.9. The Kier molecular flexibility index (Phi) is 3.32. The van der Waals surface area contributed by atoms with Crippen LogP contribution < -0.4 is 5.32 Å². The number of halogens is 1. The molecule has 6 heteroatoms. The third-order valence-corrected chi connectivity index (χ3v) is 2.71. The molecule has 2 aromatic rings. The molecule has 2 N–H and O–H groups in total. The quantitative estimate of drug-likeness (QED) is 0.821. The van der Waals surface area contributed by atoms with E-state index in [1.165, 1.54) is 12.3 Å². The maximum atomic E-state index is 11.8. The molecule has 0 saturated carbocycles. The van der Waals surface area contributed by atoms with Gasteiger partial charge in [0.2, 0.25) is 0 Å². The molecule has 0 unspecified atom stereocenters. The van der Waals surface area contributed by atoms with E-state index in [0.29, 0.717) is 5.69 Å². The summed E-state index contributed by atoms with van der Waals surface area (Å²) in [6, 6.07) is 4.88. The number of rotatable bonds is 2. The van der Waals surface area contributed by atoms with Gasteiger partial charge in [-0.05, 0) is 47.7 Å². The van der Waals surface area contributed by atoms with E-state index in [9.17, 15) is 9.90 Å². The topological polar surface area (TPSA) is 75.4 Å². The van der Waals surface area contributed by atoms with Crippen molar-refractivity contribution in [1.82, 2.24) is 4.98 Å². The van der Waals surface area contributed by atoms with Gasteiger partial charge in [0.05, 0.1) is 11.3 Å².